The van der Waals surface area contributed by atoms with E-state index in [0.29, 0.717) is 16.2 Å². The molecule has 0 aromatic carbocycles. The molecule has 9 fully saturated rings. The van der Waals surface area contributed by atoms with Gasteiger partial charge in [-0.25, -0.2) is 0 Å². The first-order valence-corrected chi connectivity index (χ1v) is 11.0. The van der Waals surface area contributed by atoms with Crippen LogP contribution in [0.2, 0.25) is 0 Å². The molecular weight excluding hydrogens is 370 g/mol. The average Bonchev–Trinajstić information content (AvgIpc) is 2.83. The van der Waals surface area contributed by atoms with E-state index < -0.39 is 5.72 Å². The van der Waals surface area contributed by atoms with Crippen LogP contribution in [-0.2, 0) is 14.3 Å². The zero-order valence-corrected chi connectivity index (χ0v) is 17.5. The average molecular weight is 402 g/mol. The van der Waals surface area contributed by atoms with Crippen LogP contribution >= 0.6 is 0 Å². The number of carbonyl (C=O) groups is 2. The number of ketones is 1. The predicted molar refractivity (Wildman–Crippen MR) is 101 cm³/mol. The first-order chi connectivity index (χ1) is 13.0. The summed E-state index contributed by atoms with van der Waals surface area (Å²) >= 11 is 0. The molecule has 2 spiro atoms. The van der Waals surface area contributed by atoms with Gasteiger partial charge in [-0.3, -0.25) is 14.1 Å². The Kier molecular flexibility index (Phi) is 2.88. The van der Waals surface area contributed by atoms with Gasteiger partial charge in [0.05, 0.1) is 25.4 Å². The van der Waals surface area contributed by atoms with E-state index in [1.165, 1.54) is 6.92 Å². The van der Waals surface area contributed by atoms with Crippen LogP contribution < -0.4 is 0 Å². The van der Waals surface area contributed by atoms with Gasteiger partial charge >= 0.3 is 5.97 Å². The number of allylic oxidation sites excluding steroid dienone is 1. The molecule has 9 bridgehead atoms. The Morgan fingerprint density at radius 2 is 2.07 bits per heavy atom. The van der Waals surface area contributed by atoms with Crippen molar-refractivity contribution in [2.24, 2.45) is 39.9 Å². The van der Waals surface area contributed by atoms with Crippen LogP contribution in [0.15, 0.2) is 12.2 Å². The molecule has 29 heavy (non-hydrogen) atoms. The summed E-state index contributed by atoms with van der Waals surface area (Å²) in [5.74, 6) is 0.984. The molecule has 0 radical (unpaired) electrons. The summed E-state index contributed by atoms with van der Waals surface area (Å²) < 4.78 is 6.48. The lowest BCUT2D eigenvalue weighted by atomic mass is 9.40. The van der Waals surface area contributed by atoms with Gasteiger partial charge in [-0.15, -0.1) is 0 Å². The van der Waals surface area contributed by atoms with Crippen molar-refractivity contribution in [3.63, 3.8) is 0 Å². The van der Waals surface area contributed by atoms with Gasteiger partial charge in [0, 0.05) is 35.5 Å². The summed E-state index contributed by atoms with van der Waals surface area (Å²) in [5, 5.41) is 12.3. The second kappa shape index (κ2) is 4.51. The van der Waals surface area contributed by atoms with Crippen LogP contribution in [0.3, 0.4) is 0 Å². The topological polar surface area (TPSA) is 93.6 Å². The van der Waals surface area contributed by atoms with E-state index in [0.717, 1.165) is 44.2 Å². The molecule has 9 aliphatic rings. The van der Waals surface area contributed by atoms with Crippen molar-refractivity contribution in [2.75, 3.05) is 13.6 Å². The molecule has 6 heteroatoms. The van der Waals surface area contributed by atoms with Gasteiger partial charge in [-0.2, -0.15) is 0 Å². The summed E-state index contributed by atoms with van der Waals surface area (Å²) in [5.41, 5.74) is 0.178. The summed E-state index contributed by atoms with van der Waals surface area (Å²) in [7, 11) is 2.24. The third kappa shape index (κ3) is 1.44. The molecule has 0 aromatic heterocycles. The molecule has 2 N–H and O–H groups in total. The number of piperidine rings is 2. The van der Waals surface area contributed by atoms with Gasteiger partial charge in [0.15, 0.2) is 0 Å². The number of carbonyl (C=O) groups excluding carboxylic acids is 2. The van der Waals surface area contributed by atoms with E-state index >= 15 is 0 Å². The number of fused-ring (bicyclic) bond motifs is 1. The van der Waals surface area contributed by atoms with Gasteiger partial charge in [-0.05, 0) is 31.6 Å². The fourth-order valence-electron chi connectivity index (χ4n) is 11.6. The first-order valence-electron chi connectivity index (χ1n) is 11.0. The van der Waals surface area contributed by atoms with Crippen LogP contribution in [0.1, 0.15) is 46.0 Å². The highest BCUT2D eigenvalue weighted by Crippen LogP contribution is 2.90. The van der Waals surface area contributed by atoms with Crippen molar-refractivity contribution >= 4 is 11.8 Å². The number of hydrogen-bond acceptors (Lipinski definition) is 5. The number of esters is 1. The van der Waals surface area contributed by atoms with Crippen molar-refractivity contribution in [3.8, 4) is 0 Å². The quantitative estimate of drug-likeness (QED) is 0.411. The molecule has 6 aliphatic carbocycles. The normalized spacial score (nSPS) is 64.4. The predicted octanol–water partition coefficient (Wildman–Crippen LogP) is 1.86. The largest absolute Gasteiger partial charge is 0.870 e. The van der Waals surface area contributed by atoms with E-state index in [4.69, 9.17) is 4.74 Å². The number of nitrogens with zero attached hydrogens (tertiary/aromatic N) is 1. The number of rotatable bonds is 1. The zero-order chi connectivity index (χ0) is 19.6. The molecule has 3 saturated heterocycles. The van der Waals surface area contributed by atoms with Gasteiger partial charge in [-0.1, -0.05) is 19.1 Å². The van der Waals surface area contributed by atoms with Crippen LogP contribution in [0.25, 0.3) is 0 Å². The monoisotopic (exact) mass is 401 g/mol. The van der Waals surface area contributed by atoms with Crippen molar-refractivity contribution in [1.29, 1.82) is 0 Å². The highest BCUT2D eigenvalue weighted by Gasteiger charge is 2.98. The summed E-state index contributed by atoms with van der Waals surface area (Å²) in [6, 6.07) is 0.193. The smallest absolute Gasteiger partial charge is 0.302 e. The lowest BCUT2D eigenvalue weighted by Gasteiger charge is -2.63. The molecule has 6 saturated carbocycles. The lowest BCUT2D eigenvalue weighted by molar-refractivity contribution is -0.994. The third-order valence-electron chi connectivity index (χ3n) is 11.1. The molecule has 11 atom stereocenters. The third-order valence-corrected chi connectivity index (χ3v) is 11.1. The zero-order valence-electron chi connectivity index (χ0n) is 17.5. The van der Waals surface area contributed by atoms with Gasteiger partial charge < -0.3 is 15.3 Å². The van der Waals surface area contributed by atoms with Crippen LogP contribution in [0, 0.1) is 39.9 Å². The summed E-state index contributed by atoms with van der Waals surface area (Å²) in [4.78, 5) is 25.4. The van der Waals surface area contributed by atoms with E-state index in [2.05, 4.69) is 20.6 Å². The Balaban J connectivity index is 0.00000165. The Hall–Kier alpha value is -1.24. The second-order valence-electron chi connectivity index (χ2n) is 12.1. The molecule has 0 amide bonds. The molecule has 3 unspecified atom stereocenters. The number of hydrogen-bond donors (Lipinski definition) is 1. The molecule has 3 aliphatic heterocycles. The van der Waals surface area contributed by atoms with Crippen molar-refractivity contribution < 1.29 is 29.4 Å². The maximum Gasteiger partial charge on any atom is 0.302 e. The van der Waals surface area contributed by atoms with E-state index in [1.807, 2.05) is 0 Å². The highest BCUT2D eigenvalue weighted by molar-refractivity contribution is 5.91. The standard InChI is InChI=1S/C23H30NO4.H2O/c1-11-6-21-9-23(27)19-20(3)7-13(28-12(2)25)8-22(19)15(21)5-14(11)17(26)16(21)18(22)24(23,4)10-20;/h13-16,18-19,27H,1,5-10H2,2-4H3;1H2/q+1;/p-1/t13-,14-,15?,16-,18+,19?,20-,21+,22-,23+,24?;/m0./s1. The molecule has 9 rings (SSSR count). The van der Waals surface area contributed by atoms with E-state index in [1.54, 1.807) is 0 Å². The van der Waals surface area contributed by atoms with Crippen molar-refractivity contribution in [3.05, 3.63) is 12.2 Å². The van der Waals surface area contributed by atoms with Crippen LogP contribution in [-0.4, -0.2) is 58.3 Å². The van der Waals surface area contributed by atoms with Gasteiger partial charge in [0.2, 0.25) is 5.72 Å². The van der Waals surface area contributed by atoms with Gasteiger partial charge in [0.1, 0.15) is 17.9 Å². The molecular formula is C23H31NO5. The van der Waals surface area contributed by atoms with Crippen molar-refractivity contribution in [1.82, 2.24) is 0 Å². The number of quaternary nitrogens is 1. The minimum absolute atomic E-state index is 0. The highest BCUT2D eigenvalue weighted by atomic mass is 16.5. The Morgan fingerprint density at radius 3 is 2.76 bits per heavy atom. The second-order valence-corrected chi connectivity index (χ2v) is 12.1. The number of ether oxygens (including phenoxy) is 1. The van der Waals surface area contributed by atoms with E-state index in [9.17, 15) is 14.7 Å². The molecule has 158 valence electrons. The van der Waals surface area contributed by atoms with Gasteiger partial charge in [0.25, 0.3) is 0 Å². The maximum absolute atomic E-state index is 13.6. The van der Waals surface area contributed by atoms with Crippen LogP contribution in [0.5, 0.6) is 0 Å². The minimum atomic E-state index is -0.738. The fraction of sp³-hybridized carbons (Fsp3) is 0.826. The molecule has 3 heterocycles. The Bertz CT molecular complexity index is 917. The number of aliphatic hydroxyl groups is 1. The molecule has 6 nitrogen and oxygen atoms in total. The SMILES string of the molecule is C=C1C[C@@]23C[C@@]4(O)C5[C@@]6(C)C[C@H](OC(C)=O)C[C@@]57C2C[C@@H]1C(=O)[C@H]3[C@H]7[N+]4(C)C6.[OH-]. The van der Waals surface area contributed by atoms with Crippen molar-refractivity contribution in [2.45, 2.75) is 63.8 Å². The minimum Gasteiger partial charge on any atom is -0.870 e. The van der Waals surface area contributed by atoms with E-state index in [-0.39, 0.29) is 57.6 Å². The fourth-order valence-corrected chi connectivity index (χ4v) is 11.6. The maximum atomic E-state index is 13.6. The molecule has 0 aromatic rings. The first kappa shape index (κ1) is 18.5. The summed E-state index contributed by atoms with van der Waals surface area (Å²) in [6.07, 6.45) is 4.20. The van der Waals surface area contributed by atoms with Crippen LogP contribution in [0.4, 0.5) is 0 Å². The summed E-state index contributed by atoms with van der Waals surface area (Å²) in [6.45, 7) is 9.01. The Morgan fingerprint density at radius 1 is 1.34 bits per heavy atom. The lowest BCUT2D eigenvalue weighted by Crippen LogP contribution is -2.71. The number of Topliss-reactive ketones (excluding diaryl/α,β-unsaturated/α-hetero) is 1. The Labute approximate surface area is 171 Å².